The van der Waals surface area contributed by atoms with E-state index in [1.54, 1.807) is 23.6 Å². The van der Waals surface area contributed by atoms with Gasteiger partial charge in [-0.2, -0.15) is 5.26 Å². The number of hydrogen-bond acceptors (Lipinski definition) is 4. The van der Waals surface area contributed by atoms with E-state index in [0.29, 0.717) is 20.7 Å². The molecule has 0 spiro atoms. The Balaban J connectivity index is 2.38. The van der Waals surface area contributed by atoms with Crippen molar-refractivity contribution >= 4 is 40.3 Å². The van der Waals surface area contributed by atoms with Crippen LogP contribution in [0.2, 0.25) is 10.0 Å². The maximum absolute atomic E-state index is 11.3. The lowest BCUT2D eigenvalue weighted by Gasteiger charge is -2.01. The molecule has 3 nitrogen and oxygen atoms in total. The molecule has 0 saturated heterocycles. The smallest absolute Gasteiger partial charge is 0.156 e. The van der Waals surface area contributed by atoms with Gasteiger partial charge in [0.15, 0.2) is 11.7 Å². The third kappa shape index (κ3) is 2.95. The second-order valence-corrected chi connectivity index (χ2v) is 5.58. The van der Waals surface area contributed by atoms with E-state index in [9.17, 15) is 4.79 Å². The molecule has 0 aliphatic rings. The van der Waals surface area contributed by atoms with Crippen molar-refractivity contribution in [3.05, 3.63) is 38.6 Å². The lowest BCUT2D eigenvalue weighted by molar-refractivity contribution is -0.117. The van der Waals surface area contributed by atoms with Crippen LogP contribution in [0.5, 0.6) is 0 Å². The fraction of sp³-hybridized carbons (Fsp3) is 0.154. The number of benzene rings is 1. The largest absolute Gasteiger partial charge is 0.298 e. The van der Waals surface area contributed by atoms with Gasteiger partial charge in [-0.25, -0.2) is 4.98 Å². The number of thiazole rings is 1. The van der Waals surface area contributed by atoms with Gasteiger partial charge in [0, 0.05) is 10.9 Å². The molecule has 19 heavy (non-hydrogen) atoms. The van der Waals surface area contributed by atoms with E-state index in [1.165, 1.54) is 18.3 Å². The Morgan fingerprint density at radius 3 is 2.74 bits per heavy atom. The highest BCUT2D eigenvalue weighted by Gasteiger charge is 2.20. The summed E-state index contributed by atoms with van der Waals surface area (Å²) < 4.78 is 0. The Labute approximate surface area is 124 Å². The van der Waals surface area contributed by atoms with Crippen molar-refractivity contribution in [3.63, 3.8) is 0 Å². The van der Waals surface area contributed by atoms with Gasteiger partial charge in [0.05, 0.1) is 21.8 Å². The standard InChI is InChI=1S/C13H8Cl2N2OS/c1-7(18)9(5-16)13-17-12(6-19-13)8-2-3-10(14)11(15)4-8/h2-4,6,9H,1H3. The number of hydrogen-bond donors (Lipinski definition) is 0. The molecule has 1 aromatic heterocycles. The molecule has 1 aromatic carbocycles. The quantitative estimate of drug-likeness (QED) is 0.848. The number of carbonyl (C=O) groups excluding carboxylic acids is 1. The molecule has 2 aromatic rings. The molecule has 1 atom stereocenters. The van der Waals surface area contributed by atoms with Crippen LogP contribution in [0.4, 0.5) is 0 Å². The third-order valence-electron chi connectivity index (χ3n) is 2.52. The van der Waals surface area contributed by atoms with Gasteiger partial charge in [0.25, 0.3) is 0 Å². The predicted molar refractivity (Wildman–Crippen MR) is 76.6 cm³/mol. The number of halogens is 2. The van der Waals surface area contributed by atoms with Crippen LogP contribution >= 0.6 is 34.5 Å². The van der Waals surface area contributed by atoms with Gasteiger partial charge in [-0.1, -0.05) is 29.3 Å². The zero-order valence-corrected chi connectivity index (χ0v) is 12.2. The fourth-order valence-electron chi connectivity index (χ4n) is 1.53. The van der Waals surface area contributed by atoms with Crippen LogP contribution in [-0.4, -0.2) is 10.8 Å². The lowest BCUT2D eigenvalue weighted by atomic mass is 10.1. The summed E-state index contributed by atoms with van der Waals surface area (Å²) in [5, 5.41) is 12.2. The van der Waals surface area contributed by atoms with Crippen molar-refractivity contribution in [2.75, 3.05) is 0 Å². The number of aromatic nitrogens is 1. The first kappa shape index (κ1) is 14.0. The van der Waals surface area contributed by atoms with Crippen LogP contribution in [0.3, 0.4) is 0 Å². The van der Waals surface area contributed by atoms with Crippen molar-refractivity contribution in [1.82, 2.24) is 4.98 Å². The zero-order chi connectivity index (χ0) is 14.0. The van der Waals surface area contributed by atoms with Gasteiger partial charge in [-0.15, -0.1) is 11.3 Å². The Hall–Kier alpha value is -1.41. The summed E-state index contributed by atoms with van der Waals surface area (Å²) in [4.78, 5) is 15.6. The van der Waals surface area contributed by atoms with Crippen LogP contribution < -0.4 is 0 Å². The van der Waals surface area contributed by atoms with Crippen molar-refractivity contribution in [2.24, 2.45) is 0 Å². The molecule has 6 heteroatoms. The molecular formula is C13H8Cl2N2OS. The van der Waals surface area contributed by atoms with Gasteiger partial charge in [0.2, 0.25) is 0 Å². The van der Waals surface area contributed by atoms with E-state index in [4.69, 9.17) is 28.5 Å². The van der Waals surface area contributed by atoms with E-state index < -0.39 is 5.92 Å². The Morgan fingerprint density at radius 1 is 1.42 bits per heavy atom. The van der Waals surface area contributed by atoms with Gasteiger partial charge >= 0.3 is 0 Å². The molecule has 0 N–H and O–H groups in total. The molecule has 96 valence electrons. The minimum Gasteiger partial charge on any atom is -0.298 e. The number of nitrogens with zero attached hydrogens (tertiary/aromatic N) is 2. The van der Waals surface area contributed by atoms with E-state index >= 15 is 0 Å². The van der Waals surface area contributed by atoms with Crippen LogP contribution in [-0.2, 0) is 4.79 Å². The van der Waals surface area contributed by atoms with Crippen LogP contribution in [0.1, 0.15) is 17.8 Å². The topological polar surface area (TPSA) is 53.8 Å². The Kier molecular flexibility index (Phi) is 4.20. The second kappa shape index (κ2) is 5.70. The van der Waals surface area contributed by atoms with E-state index in [2.05, 4.69) is 4.98 Å². The van der Waals surface area contributed by atoms with Crippen molar-refractivity contribution in [1.29, 1.82) is 5.26 Å². The zero-order valence-electron chi connectivity index (χ0n) is 9.85. The molecule has 0 bridgehead atoms. The number of carbonyl (C=O) groups is 1. The average molecular weight is 311 g/mol. The van der Waals surface area contributed by atoms with Crippen LogP contribution in [0, 0.1) is 11.3 Å². The highest BCUT2D eigenvalue weighted by atomic mass is 35.5. The Bertz CT molecular complexity index is 676. The maximum Gasteiger partial charge on any atom is 0.156 e. The molecule has 1 unspecified atom stereocenters. The van der Waals surface area contributed by atoms with Crippen LogP contribution in [0.25, 0.3) is 11.3 Å². The van der Waals surface area contributed by atoms with Crippen LogP contribution in [0.15, 0.2) is 23.6 Å². The molecule has 1 heterocycles. The summed E-state index contributed by atoms with van der Waals surface area (Å²) in [6.07, 6.45) is 0. The molecule has 0 aliphatic carbocycles. The minimum atomic E-state index is -0.804. The maximum atomic E-state index is 11.3. The van der Waals surface area contributed by atoms with Crippen molar-refractivity contribution in [2.45, 2.75) is 12.8 Å². The minimum absolute atomic E-state index is 0.211. The summed E-state index contributed by atoms with van der Waals surface area (Å²) >= 11 is 13.1. The SMILES string of the molecule is CC(=O)C(C#N)c1nc(-c2ccc(Cl)c(Cl)c2)cs1. The average Bonchev–Trinajstić information content (AvgIpc) is 2.82. The molecule has 0 aliphatic heterocycles. The van der Waals surface area contributed by atoms with Gasteiger partial charge < -0.3 is 0 Å². The second-order valence-electron chi connectivity index (χ2n) is 3.87. The van der Waals surface area contributed by atoms with Gasteiger partial charge in [-0.05, 0) is 19.1 Å². The van der Waals surface area contributed by atoms with Crippen molar-refractivity contribution in [3.8, 4) is 17.3 Å². The first-order valence-corrected chi connectivity index (χ1v) is 6.97. The number of rotatable bonds is 3. The van der Waals surface area contributed by atoms with Gasteiger partial charge in [-0.3, -0.25) is 4.79 Å². The molecular weight excluding hydrogens is 303 g/mol. The molecule has 0 saturated carbocycles. The highest BCUT2D eigenvalue weighted by Crippen LogP contribution is 2.31. The highest BCUT2D eigenvalue weighted by molar-refractivity contribution is 7.10. The third-order valence-corrected chi connectivity index (χ3v) is 4.17. The van der Waals surface area contributed by atoms with E-state index in [-0.39, 0.29) is 5.78 Å². The summed E-state index contributed by atoms with van der Waals surface area (Å²) in [5.74, 6) is -1.01. The normalized spacial score (nSPS) is 11.9. The number of nitriles is 1. The molecule has 0 radical (unpaired) electrons. The fourth-order valence-corrected chi connectivity index (χ4v) is 2.75. The van der Waals surface area contributed by atoms with E-state index in [1.807, 2.05) is 6.07 Å². The first-order chi connectivity index (χ1) is 9.02. The first-order valence-electron chi connectivity index (χ1n) is 5.34. The lowest BCUT2D eigenvalue weighted by Crippen LogP contribution is -2.05. The summed E-state index contributed by atoms with van der Waals surface area (Å²) in [6.45, 7) is 1.38. The summed E-state index contributed by atoms with van der Waals surface area (Å²) in [7, 11) is 0. The number of Topliss-reactive ketones (excluding diaryl/α,β-unsaturated/α-hetero) is 1. The Morgan fingerprint density at radius 2 is 2.16 bits per heavy atom. The van der Waals surface area contributed by atoms with Crippen molar-refractivity contribution < 1.29 is 4.79 Å². The summed E-state index contributed by atoms with van der Waals surface area (Å²) in [5.41, 5.74) is 1.48. The van der Waals surface area contributed by atoms with E-state index in [0.717, 1.165) is 5.56 Å². The molecule has 0 amide bonds. The molecule has 0 fully saturated rings. The van der Waals surface area contributed by atoms with Gasteiger partial charge in [0.1, 0.15) is 5.01 Å². The summed E-state index contributed by atoms with van der Waals surface area (Å²) in [6, 6.07) is 7.14. The predicted octanol–water partition coefficient (Wildman–Crippen LogP) is 4.31. The number of ketones is 1. The monoisotopic (exact) mass is 310 g/mol. The molecule has 2 rings (SSSR count).